The van der Waals surface area contributed by atoms with Gasteiger partial charge in [-0.2, -0.15) is 0 Å². The zero-order valence-corrected chi connectivity index (χ0v) is 13.3. The lowest BCUT2D eigenvalue weighted by molar-refractivity contribution is -0.133. The topological polar surface area (TPSA) is 38.8 Å². The maximum absolute atomic E-state index is 12.8. The highest BCUT2D eigenvalue weighted by atomic mass is 19.1. The summed E-state index contributed by atoms with van der Waals surface area (Å²) < 4.78 is 23.3. The first-order chi connectivity index (χ1) is 11.1. The van der Waals surface area contributed by atoms with Gasteiger partial charge in [0.2, 0.25) is 0 Å². The fourth-order valence-electron chi connectivity index (χ4n) is 2.09. The second kappa shape index (κ2) is 8.17. The lowest BCUT2D eigenvalue weighted by Gasteiger charge is -2.21. The summed E-state index contributed by atoms with van der Waals surface area (Å²) in [6.07, 6.45) is 0. The summed E-state index contributed by atoms with van der Waals surface area (Å²) in [5.41, 5.74) is 1.02. The number of hydrogen-bond donors (Lipinski definition) is 0. The quantitative estimate of drug-likeness (QED) is 0.787. The third-order valence-corrected chi connectivity index (χ3v) is 3.44. The maximum atomic E-state index is 12.8. The van der Waals surface area contributed by atoms with Crippen molar-refractivity contribution in [1.82, 2.24) is 4.90 Å². The van der Waals surface area contributed by atoms with Crippen LogP contribution in [0.2, 0.25) is 0 Å². The second-order valence-corrected chi connectivity index (χ2v) is 5.00. The molecule has 0 fully saturated rings. The molecule has 1 amide bonds. The van der Waals surface area contributed by atoms with Crippen LogP contribution in [0.4, 0.5) is 4.39 Å². The van der Waals surface area contributed by atoms with E-state index in [1.807, 2.05) is 31.2 Å². The van der Waals surface area contributed by atoms with Crippen LogP contribution in [0, 0.1) is 5.82 Å². The molecule has 0 spiro atoms. The molecule has 0 heterocycles. The number of amides is 1. The molecule has 23 heavy (non-hydrogen) atoms. The van der Waals surface area contributed by atoms with Crippen LogP contribution in [-0.2, 0) is 11.3 Å². The summed E-state index contributed by atoms with van der Waals surface area (Å²) in [4.78, 5) is 13.9. The first kappa shape index (κ1) is 16.8. The summed E-state index contributed by atoms with van der Waals surface area (Å²) in [5.74, 6) is 0.800. The largest absolute Gasteiger partial charge is 0.497 e. The maximum Gasteiger partial charge on any atom is 0.260 e. The van der Waals surface area contributed by atoms with Gasteiger partial charge >= 0.3 is 0 Å². The van der Waals surface area contributed by atoms with Gasteiger partial charge in [0.05, 0.1) is 7.11 Å². The zero-order valence-electron chi connectivity index (χ0n) is 13.3. The van der Waals surface area contributed by atoms with E-state index in [-0.39, 0.29) is 18.3 Å². The Kier molecular flexibility index (Phi) is 5.97. The molecule has 0 aliphatic carbocycles. The summed E-state index contributed by atoms with van der Waals surface area (Å²) in [5, 5.41) is 0. The van der Waals surface area contributed by atoms with Crippen molar-refractivity contribution in [3.63, 3.8) is 0 Å². The van der Waals surface area contributed by atoms with Gasteiger partial charge in [-0.05, 0) is 48.9 Å². The summed E-state index contributed by atoms with van der Waals surface area (Å²) in [6, 6.07) is 13.2. The molecule has 0 saturated carbocycles. The van der Waals surface area contributed by atoms with E-state index in [1.165, 1.54) is 24.3 Å². The number of methoxy groups -OCH3 is 1. The van der Waals surface area contributed by atoms with Crippen molar-refractivity contribution in [3.05, 3.63) is 59.9 Å². The Balaban J connectivity index is 1.90. The molecule has 0 atom stereocenters. The molecule has 0 unspecified atom stereocenters. The fourth-order valence-corrected chi connectivity index (χ4v) is 2.09. The Morgan fingerprint density at radius 3 is 2.22 bits per heavy atom. The highest BCUT2D eigenvalue weighted by Crippen LogP contribution is 2.14. The van der Waals surface area contributed by atoms with Crippen LogP contribution >= 0.6 is 0 Å². The van der Waals surface area contributed by atoms with Gasteiger partial charge in [0.15, 0.2) is 6.61 Å². The highest BCUT2D eigenvalue weighted by Gasteiger charge is 2.13. The summed E-state index contributed by atoms with van der Waals surface area (Å²) >= 11 is 0. The number of hydrogen-bond acceptors (Lipinski definition) is 3. The van der Waals surface area contributed by atoms with E-state index in [0.29, 0.717) is 18.8 Å². The van der Waals surface area contributed by atoms with Crippen LogP contribution in [0.25, 0.3) is 0 Å². The van der Waals surface area contributed by atoms with Gasteiger partial charge in [-0.25, -0.2) is 4.39 Å². The number of ether oxygens (including phenoxy) is 2. The van der Waals surface area contributed by atoms with E-state index in [9.17, 15) is 9.18 Å². The van der Waals surface area contributed by atoms with Crippen molar-refractivity contribution in [3.8, 4) is 11.5 Å². The van der Waals surface area contributed by atoms with Crippen LogP contribution in [0.1, 0.15) is 12.5 Å². The number of carbonyl (C=O) groups is 1. The Morgan fingerprint density at radius 1 is 1.04 bits per heavy atom. The lowest BCUT2D eigenvalue weighted by Crippen LogP contribution is -2.34. The van der Waals surface area contributed by atoms with E-state index in [2.05, 4.69) is 0 Å². The molecule has 5 heteroatoms. The van der Waals surface area contributed by atoms with Crippen molar-refractivity contribution in [2.24, 2.45) is 0 Å². The Morgan fingerprint density at radius 2 is 1.65 bits per heavy atom. The minimum atomic E-state index is -0.335. The van der Waals surface area contributed by atoms with Crippen LogP contribution in [0.5, 0.6) is 11.5 Å². The van der Waals surface area contributed by atoms with Gasteiger partial charge in [-0.1, -0.05) is 12.1 Å². The molecule has 2 rings (SSSR count). The van der Waals surface area contributed by atoms with Gasteiger partial charge in [0.1, 0.15) is 17.3 Å². The molecule has 0 N–H and O–H groups in total. The van der Waals surface area contributed by atoms with Crippen molar-refractivity contribution in [2.45, 2.75) is 13.5 Å². The lowest BCUT2D eigenvalue weighted by atomic mass is 10.2. The summed E-state index contributed by atoms with van der Waals surface area (Å²) in [6.45, 7) is 2.93. The number of rotatable bonds is 7. The molecule has 4 nitrogen and oxygen atoms in total. The number of carbonyl (C=O) groups excluding carboxylic acids is 1. The predicted octanol–water partition coefficient (Wildman–Crippen LogP) is 3.26. The minimum absolute atomic E-state index is 0.0738. The third kappa shape index (κ3) is 4.98. The number of benzene rings is 2. The first-order valence-electron chi connectivity index (χ1n) is 7.41. The van der Waals surface area contributed by atoms with Crippen LogP contribution in [-0.4, -0.2) is 31.1 Å². The number of nitrogens with zero attached hydrogens (tertiary/aromatic N) is 1. The van der Waals surface area contributed by atoms with Crippen LogP contribution in [0.3, 0.4) is 0 Å². The van der Waals surface area contributed by atoms with Gasteiger partial charge in [0.25, 0.3) is 5.91 Å². The van der Waals surface area contributed by atoms with Crippen LogP contribution < -0.4 is 9.47 Å². The Labute approximate surface area is 135 Å². The zero-order chi connectivity index (χ0) is 16.7. The van der Waals surface area contributed by atoms with E-state index in [1.54, 1.807) is 12.0 Å². The molecule has 0 bridgehead atoms. The molecule has 0 aliphatic rings. The molecular weight excluding hydrogens is 297 g/mol. The Hall–Kier alpha value is -2.56. The molecule has 0 aromatic heterocycles. The average molecular weight is 317 g/mol. The molecule has 0 aliphatic heterocycles. The normalized spacial score (nSPS) is 10.2. The highest BCUT2D eigenvalue weighted by molar-refractivity contribution is 5.77. The summed E-state index contributed by atoms with van der Waals surface area (Å²) in [7, 11) is 1.61. The number of likely N-dealkylation sites (N-methyl/N-ethyl adjacent to an activating group) is 1. The van der Waals surface area contributed by atoms with E-state index < -0.39 is 0 Å². The smallest absolute Gasteiger partial charge is 0.260 e. The van der Waals surface area contributed by atoms with E-state index in [0.717, 1.165) is 11.3 Å². The predicted molar refractivity (Wildman–Crippen MR) is 86.0 cm³/mol. The SMILES string of the molecule is CCN(Cc1ccc(OC)cc1)C(=O)COc1ccc(F)cc1. The van der Waals surface area contributed by atoms with Gasteiger partial charge < -0.3 is 14.4 Å². The van der Waals surface area contributed by atoms with Crippen molar-refractivity contribution >= 4 is 5.91 Å². The minimum Gasteiger partial charge on any atom is -0.497 e. The van der Waals surface area contributed by atoms with Crippen molar-refractivity contribution in [1.29, 1.82) is 0 Å². The number of halogens is 1. The average Bonchev–Trinajstić information content (AvgIpc) is 2.59. The van der Waals surface area contributed by atoms with E-state index >= 15 is 0 Å². The van der Waals surface area contributed by atoms with Crippen molar-refractivity contribution in [2.75, 3.05) is 20.3 Å². The second-order valence-electron chi connectivity index (χ2n) is 5.00. The van der Waals surface area contributed by atoms with Gasteiger partial charge in [-0.3, -0.25) is 4.79 Å². The van der Waals surface area contributed by atoms with Gasteiger partial charge in [0, 0.05) is 13.1 Å². The van der Waals surface area contributed by atoms with E-state index in [4.69, 9.17) is 9.47 Å². The van der Waals surface area contributed by atoms with Gasteiger partial charge in [-0.15, -0.1) is 0 Å². The third-order valence-electron chi connectivity index (χ3n) is 3.44. The monoisotopic (exact) mass is 317 g/mol. The molecule has 2 aromatic carbocycles. The Bertz CT molecular complexity index is 626. The molecule has 2 aromatic rings. The molecule has 122 valence electrons. The molecule has 0 radical (unpaired) electrons. The molecule has 0 saturated heterocycles. The molecular formula is C18H20FNO3. The van der Waals surface area contributed by atoms with Crippen molar-refractivity contribution < 1.29 is 18.7 Å². The fraction of sp³-hybridized carbons (Fsp3) is 0.278. The van der Waals surface area contributed by atoms with Crippen LogP contribution in [0.15, 0.2) is 48.5 Å². The standard InChI is InChI=1S/C18H20FNO3/c1-3-20(12-14-4-8-16(22-2)9-5-14)18(21)13-23-17-10-6-15(19)7-11-17/h4-11H,3,12-13H2,1-2H3. The first-order valence-corrected chi connectivity index (χ1v) is 7.41.